The molecule has 0 aliphatic heterocycles. The highest BCUT2D eigenvalue weighted by Crippen LogP contribution is 2.25. The summed E-state index contributed by atoms with van der Waals surface area (Å²) in [5.41, 5.74) is 18.8. The molecule has 0 aliphatic rings. The molecule has 0 atom stereocenters. The first-order valence-corrected chi connectivity index (χ1v) is 13.8. The number of nitrogen functional groups attached to an aromatic ring is 3. The van der Waals surface area contributed by atoms with E-state index in [1.54, 1.807) is 33.2 Å². The lowest BCUT2D eigenvalue weighted by atomic mass is 10.4. The Morgan fingerprint density at radius 1 is 0.932 bits per heavy atom. The van der Waals surface area contributed by atoms with Crippen LogP contribution in [0.3, 0.4) is 0 Å². The minimum Gasteiger partial charge on any atom is -0.512 e. The fraction of sp³-hybridized carbons (Fsp3) is 0.308. The third-order valence-electron chi connectivity index (χ3n) is 5.46. The first-order valence-electron chi connectivity index (χ1n) is 13.0. The Hall–Kier alpha value is -5.80. The number of hydrogen-bond donors (Lipinski definition) is 3. The lowest BCUT2D eigenvalue weighted by molar-refractivity contribution is 0.268. The maximum atomic E-state index is 8.14. The molecule has 5 rings (SSSR count). The second kappa shape index (κ2) is 17.2. The number of allylic oxidation sites excluding steroid dienone is 1. The van der Waals surface area contributed by atoms with Gasteiger partial charge >= 0.3 is 0 Å². The fourth-order valence-electron chi connectivity index (χ4n) is 3.31. The molecule has 0 saturated carbocycles. The smallest absolute Gasteiger partial charge is 0.295 e. The Morgan fingerprint density at radius 2 is 1.55 bits per heavy atom. The van der Waals surface area contributed by atoms with E-state index < -0.39 is 0 Å². The number of rotatable bonds is 5. The minimum absolute atomic E-state index is 0.0168. The van der Waals surface area contributed by atoms with Crippen LogP contribution in [-0.4, -0.2) is 55.9 Å². The van der Waals surface area contributed by atoms with E-state index in [2.05, 4.69) is 65.6 Å². The predicted molar refractivity (Wildman–Crippen MR) is 169 cm³/mol. The molecule has 5 heterocycles. The van der Waals surface area contributed by atoms with E-state index in [-0.39, 0.29) is 5.70 Å². The average molecular weight is 664 g/mol. The van der Waals surface area contributed by atoms with Gasteiger partial charge in [0, 0.05) is 19.6 Å². The molecule has 228 valence electrons. The van der Waals surface area contributed by atoms with Crippen molar-refractivity contribution >= 4 is 61.1 Å². The molecule has 0 saturated heterocycles. The Bertz CT molecular complexity index is 1820. The van der Waals surface area contributed by atoms with E-state index in [0.29, 0.717) is 40.9 Å². The molecule has 5 aromatic heterocycles. The summed E-state index contributed by atoms with van der Waals surface area (Å²) in [6.45, 7) is 23.5. The molecule has 0 fully saturated rings. The Morgan fingerprint density at radius 3 is 2.07 bits per heavy atom. The number of nitriles is 1. The van der Waals surface area contributed by atoms with Crippen molar-refractivity contribution < 1.29 is 4.74 Å². The number of aryl methyl sites for hydroxylation is 3. The molecular weight excluding hydrogens is 632 g/mol. The van der Waals surface area contributed by atoms with E-state index in [4.69, 9.17) is 35.6 Å². The number of ether oxygens (including phenoxy) is 1. The molecule has 0 aromatic carbocycles. The molecule has 0 radical (unpaired) electrons. The van der Waals surface area contributed by atoms with Gasteiger partial charge in [0.05, 0.1) is 49.0 Å². The molecule has 6 N–H and O–H groups in total. The monoisotopic (exact) mass is 662 g/mol. The third-order valence-corrected chi connectivity index (χ3v) is 6.01. The van der Waals surface area contributed by atoms with Crippen molar-refractivity contribution in [2.75, 3.05) is 23.8 Å². The van der Waals surface area contributed by atoms with Crippen molar-refractivity contribution in [2.45, 2.75) is 47.3 Å². The molecule has 18 heteroatoms. The van der Waals surface area contributed by atoms with E-state index >= 15 is 0 Å². The van der Waals surface area contributed by atoms with Crippen LogP contribution >= 0.6 is 15.9 Å². The van der Waals surface area contributed by atoms with Gasteiger partial charge in [0.2, 0.25) is 5.69 Å². The Labute approximate surface area is 261 Å². The maximum absolute atomic E-state index is 8.14. The standard InChI is InChI=1S/C7H8BrN5.C7H9N5.C6H8N4.C6H6N2O/c1-2-13-7-4(5(8)12-13)6(9)10-3-11-7;1-2-12-7-5(3-11-12)6(8)9-4-10-7;1-3-10-6(7)5(8-2)4-9-10;1-3-9-5-6(4-7)8-2/h3H,2H2,1H3,(H2,9,10,11);3-4H,2H2,1H3,(H2,8,9,10);4H,3,7H2,1H3;5H,3H2,1H3/b;;;6-5+. The lowest BCUT2D eigenvalue weighted by Gasteiger charge is -1.96. The summed E-state index contributed by atoms with van der Waals surface area (Å²) in [5.74, 6) is 1.40. The van der Waals surface area contributed by atoms with Gasteiger partial charge in [-0.3, -0.25) is 4.68 Å². The summed E-state index contributed by atoms with van der Waals surface area (Å²) in [4.78, 5) is 22.0. The highest BCUT2D eigenvalue weighted by atomic mass is 79.9. The zero-order valence-electron chi connectivity index (χ0n) is 24.5. The molecule has 0 spiro atoms. The van der Waals surface area contributed by atoms with Gasteiger partial charge in [-0.15, -0.1) is 0 Å². The molecule has 17 nitrogen and oxygen atoms in total. The largest absolute Gasteiger partial charge is 0.512 e. The first-order chi connectivity index (χ1) is 21.2. The van der Waals surface area contributed by atoms with Gasteiger partial charge in [-0.2, -0.15) is 15.3 Å². The molecule has 0 unspecified atom stereocenters. The van der Waals surface area contributed by atoms with E-state index in [1.165, 1.54) is 18.9 Å². The topological polar surface area (TPSA) is 225 Å². The number of halogens is 1. The predicted octanol–water partition coefficient (Wildman–Crippen LogP) is 3.96. The number of aromatic nitrogens is 10. The number of fused-ring (bicyclic) bond motifs is 2. The molecule has 44 heavy (non-hydrogen) atoms. The van der Waals surface area contributed by atoms with Crippen molar-refractivity contribution in [3.8, 4) is 6.07 Å². The van der Waals surface area contributed by atoms with Crippen LogP contribution in [0.4, 0.5) is 23.1 Å². The van der Waals surface area contributed by atoms with Crippen molar-refractivity contribution in [3.63, 3.8) is 0 Å². The molecular formula is C26H31BrN16O. The molecule has 0 bridgehead atoms. The summed E-state index contributed by atoms with van der Waals surface area (Å²) >= 11 is 3.32. The molecule has 5 aromatic rings. The summed E-state index contributed by atoms with van der Waals surface area (Å²) in [6.07, 6.45) is 7.22. The second-order valence-corrected chi connectivity index (χ2v) is 8.80. The molecule has 0 aliphatic carbocycles. The third kappa shape index (κ3) is 8.60. The Balaban J connectivity index is 0.000000207. The van der Waals surface area contributed by atoms with E-state index in [1.807, 2.05) is 20.8 Å². The summed E-state index contributed by atoms with van der Waals surface area (Å²) in [5, 5.41) is 22.0. The van der Waals surface area contributed by atoms with Crippen molar-refractivity contribution in [3.05, 3.63) is 64.4 Å². The molecule has 0 amide bonds. The average Bonchev–Trinajstić information content (AvgIpc) is 3.73. The number of nitrogens with two attached hydrogens (primary N) is 3. The van der Waals surface area contributed by atoms with Gasteiger partial charge in [0.15, 0.2) is 11.3 Å². The highest BCUT2D eigenvalue weighted by molar-refractivity contribution is 9.10. The second-order valence-electron chi connectivity index (χ2n) is 8.05. The first kappa shape index (κ1) is 34.4. The number of nitrogens with zero attached hydrogens (tertiary/aromatic N) is 13. The summed E-state index contributed by atoms with van der Waals surface area (Å²) in [6, 6.07) is 1.67. The normalized spacial score (nSPS) is 10.2. The quantitative estimate of drug-likeness (QED) is 0.138. The zero-order valence-corrected chi connectivity index (χ0v) is 26.1. The van der Waals surface area contributed by atoms with E-state index in [9.17, 15) is 0 Å². The number of hydrogen-bond acceptors (Lipinski definition) is 12. The highest BCUT2D eigenvalue weighted by Gasteiger charge is 2.11. The summed E-state index contributed by atoms with van der Waals surface area (Å²) < 4.78 is 10.5. The van der Waals surface area contributed by atoms with Crippen LogP contribution in [-0.2, 0) is 24.4 Å². The van der Waals surface area contributed by atoms with Gasteiger partial charge in [-0.25, -0.2) is 44.3 Å². The van der Waals surface area contributed by atoms with Gasteiger partial charge in [0.25, 0.3) is 5.70 Å². The maximum Gasteiger partial charge on any atom is 0.295 e. The van der Waals surface area contributed by atoms with Gasteiger partial charge < -0.3 is 21.9 Å². The van der Waals surface area contributed by atoms with Crippen molar-refractivity contribution in [1.29, 1.82) is 5.26 Å². The minimum atomic E-state index is -0.0168. The van der Waals surface area contributed by atoms with Crippen LogP contribution in [0.1, 0.15) is 27.7 Å². The van der Waals surface area contributed by atoms with Crippen molar-refractivity contribution in [2.24, 2.45) is 0 Å². The van der Waals surface area contributed by atoms with Crippen LogP contribution < -0.4 is 17.2 Å². The van der Waals surface area contributed by atoms with Gasteiger partial charge in [-0.05, 0) is 43.6 Å². The van der Waals surface area contributed by atoms with Gasteiger partial charge in [-0.1, -0.05) is 0 Å². The van der Waals surface area contributed by atoms with Crippen LogP contribution in [0.15, 0.2) is 41.6 Å². The number of anilines is 3. The van der Waals surface area contributed by atoms with Crippen LogP contribution in [0, 0.1) is 24.5 Å². The van der Waals surface area contributed by atoms with Crippen LogP contribution in [0.5, 0.6) is 0 Å². The van der Waals surface area contributed by atoms with Crippen LogP contribution in [0.25, 0.3) is 31.8 Å². The van der Waals surface area contributed by atoms with E-state index in [0.717, 1.165) is 41.4 Å². The van der Waals surface area contributed by atoms with Gasteiger partial charge in [0.1, 0.15) is 41.0 Å². The Kier molecular flexibility index (Phi) is 13.5. The fourth-order valence-corrected chi connectivity index (χ4v) is 3.88. The van der Waals surface area contributed by atoms with Crippen molar-refractivity contribution in [1.82, 2.24) is 49.3 Å². The van der Waals surface area contributed by atoms with Crippen LogP contribution in [0.2, 0.25) is 0 Å². The summed E-state index contributed by atoms with van der Waals surface area (Å²) in [7, 11) is 0. The lowest BCUT2D eigenvalue weighted by Crippen LogP contribution is -2.01. The SMILES string of the molecule is CCn1nc(Br)c2c(N)ncnc21.CCn1ncc2c(N)ncnc21.[C-]#[N+]/C(C#N)=C/OCC.[C-]#[N+]c1cnn(CC)c1N. The zero-order chi connectivity index (χ0) is 32.6.